The molecule has 20 heavy (non-hydrogen) atoms. The largest absolute Gasteiger partial charge is 0.312 e. The number of thioether (sulfide) groups is 1. The second kappa shape index (κ2) is 7.16. The molecule has 0 saturated carbocycles. The molecule has 3 heteroatoms. The van der Waals surface area contributed by atoms with E-state index in [1.807, 2.05) is 30.9 Å². The van der Waals surface area contributed by atoms with Gasteiger partial charge in [-0.05, 0) is 43.8 Å². The van der Waals surface area contributed by atoms with E-state index < -0.39 is 0 Å². The zero-order valence-corrected chi connectivity index (χ0v) is 13.6. The van der Waals surface area contributed by atoms with Crippen molar-refractivity contribution in [2.24, 2.45) is 0 Å². The van der Waals surface area contributed by atoms with E-state index in [0.717, 1.165) is 5.02 Å². The molecule has 0 amide bonds. The van der Waals surface area contributed by atoms with Gasteiger partial charge in [0.05, 0.1) is 0 Å². The van der Waals surface area contributed by atoms with E-state index in [9.17, 15) is 0 Å². The third-order valence-corrected chi connectivity index (χ3v) is 4.79. The molecule has 2 rings (SSSR count). The molecule has 0 aliphatic carbocycles. The lowest BCUT2D eigenvalue weighted by atomic mass is 10.0. The molecule has 0 fully saturated rings. The molecule has 0 radical (unpaired) electrons. The Morgan fingerprint density at radius 3 is 2.15 bits per heavy atom. The van der Waals surface area contributed by atoms with E-state index in [2.05, 4.69) is 55.6 Å². The molecular weight excluding hydrogens is 286 g/mol. The molecule has 1 N–H and O–H groups in total. The Kier molecular flexibility index (Phi) is 5.53. The van der Waals surface area contributed by atoms with Gasteiger partial charge in [0.15, 0.2) is 0 Å². The maximum Gasteiger partial charge on any atom is 0.0438 e. The van der Waals surface area contributed by atoms with Crippen LogP contribution in [0.4, 0.5) is 0 Å². The minimum absolute atomic E-state index is 0.330. The van der Waals surface area contributed by atoms with Crippen molar-refractivity contribution in [1.29, 1.82) is 0 Å². The summed E-state index contributed by atoms with van der Waals surface area (Å²) in [4.78, 5) is 1.24. The Labute approximate surface area is 130 Å². The van der Waals surface area contributed by atoms with E-state index in [-0.39, 0.29) is 0 Å². The summed E-state index contributed by atoms with van der Waals surface area (Å²) in [6.45, 7) is 4.37. The molecular formula is C17H20ClNS. The highest BCUT2D eigenvalue weighted by molar-refractivity contribution is 8.00. The fourth-order valence-electron chi connectivity index (χ4n) is 2.24. The van der Waals surface area contributed by atoms with Crippen molar-refractivity contribution >= 4 is 23.4 Å². The Balaban J connectivity index is 2.10. The summed E-state index contributed by atoms with van der Waals surface area (Å²) in [6.07, 6.45) is 0. The van der Waals surface area contributed by atoms with E-state index in [1.165, 1.54) is 16.0 Å². The van der Waals surface area contributed by atoms with Crippen LogP contribution in [-0.4, -0.2) is 12.3 Å². The Hall–Kier alpha value is -0.960. The van der Waals surface area contributed by atoms with Crippen molar-refractivity contribution < 1.29 is 0 Å². The number of benzene rings is 2. The van der Waals surface area contributed by atoms with Crippen molar-refractivity contribution in [1.82, 2.24) is 5.32 Å². The van der Waals surface area contributed by atoms with Crippen LogP contribution < -0.4 is 5.32 Å². The minimum atomic E-state index is 0.330. The molecule has 0 aliphatic rings. The van der Waals surface area contributed by atoms with Crippen LogP contribution >= 0.6 is 23.4 Å². The highest BCUT2D eigenvalue weighted by Gasteiger charge is 2.18. The van der Waals surface area contributed by atoms with Gasteiger partial charge in [0.25, 0.3) is 0 Å². The summed E-state index contributed by atoms with van der Waals surface area (Å²) in [7, 11) is 2.02. The third kappa shape index (κ3) is 4.02. The minimum Gasteiger partial charge on any atom is -0.312 e. The van der Waals surface area contributed by atoms with E-state index in [0.29, 0.717) is 11.3 Å². The van der Waals surface area contributed by atoms with E-state index >= 15 is 0 Å². The maximum absolute atomic E-state index is 5.93. The Morgan fingerprint density at radius 2 is 1.60 bits per heavy atom. The molecule has 2 atom stereocenters. The van der Waals surface area contributed by atoms with Gasteiger partial charge in [-0.1, -0.05) is 48.4 Å². The van der Waals surface area contributed by atoms with Crippen molar-refractivity contribution in [3.63, 3.8) is 0 Å². The van der Waals surface area contributed by atoms with Gasteiger partial charge in [-0.2, -0.15) is 0 Å². The normalized spacial score (nSPS) is 14.0. The molecule has 2 unspecified atom stereocenters. The van der Waals surface area contributed by atoms with Gasteiger partial charge in [-0.25, -0.2) is 0 Å². The number of nitrogens with one attached hydrogen (secondary N) is 1. The first kappa shape index (κ1) is 15.4. The smallest absolute Gasteiger partial charge is 0.0438 e. The van der Waals surface area contributed by atoms with E-state index in [1.54, 1.807) is 0 Å². The molecule has 106 valence electrons. The zero-order valence-electron chi connectivity index (χ0n) is 12.1. The van der Waals surface area contributed by atoms with Crippen LogP contribution in [0.5, 0.6) is 0 Å². The number of hydrogen-bond donors (Lipinski definition) is 1. The van der Waals surface area contributed by atoms with Crippen LogP contribution in [0, 0.1) is 6.92 Å². The number of aryl methyl sites for hydroxylation is 1. The molecule has 0 heterocycles. The molecule has 0 saturated heterocycles. The first-order valence-corrected chi connectivity index (χ1v) is 8.02. The molecule has 2 aromatic carbocycles. The quantitative estimate of drug-likeness (QED) is 0.772. The molecule has 0 aliphatic heterocycles. The predicted molar refractivity (Wildman–Crippen MR) is 89.8 cm³/mol. The topological polar surface area (TPSA) is 12.0 Å². The monoisotopic (exact) mass is 305 g/mol. The van der Waals surface area contributed by atoms with E-state index in [4.69, 9.17) is 11.6 Å². The van der Waals surface area contributed by atoms with Crippen LogP contribution in [0.2, 0.25) is 5.02 Å². The van der Waals surface area contributed by atoms with Crippen molar-refractivity contribution in [3.8, 4) is 0 Å². The number of rotatable bonds is 5. The second-order valence-electron chi connectivity index (χ2n) is 4.95. The van der Waals surface area contributed by atoms with Crippen LogP contribution in [-0.2, 0) is 0 Å². The summed E-state index contributed by atoms with van der Waals surface area (Å²) in [5, 5.41) is 4.64. The van der Waals surface area contributed by atoms with Gasteiger partial charge in [-0.15, -0.1) is 11.8 Å². The molecule has 0 aromatic heterocycles. The zero-order chi connectivity index (χ0) is 14.5. The van der Waals surface area contributed by atoms with Gasteiger partial charge in [-0.3, -0.25) is 0 Å². The lowest BCUT2D eigenvalue weighted by Gasteiger charge is -2.24. The van der Waals surface area contributed by atoms with Crippen LogP contribution in [0.15, 0.2) is 53.4 Å². The fourth-order valence-corrected chi connectivity index (χ4v) is 3.52. The lowest BCUT2D eigenvalue weighted by Crippen LogP contribution is -2.25. The SMILES string of the molecule is CNC(c1ccc(C)cc1)C(C)Sc1ccc(Cl)cc1. The van der Waals surface area contributed by atoms with Crippen LogP contribution in [0.3, 0.4) is 0 Å². The highest BCUT2D eigenvalue weighted by atomic mass is 35.5. The van der Waals surface area contributed by atoms with Gasteiger partial charge >= 0.3 is 0 Å². The Bertz CT molecular complexity index is 536. The summed E-state index contributed by atoms with van der Waals surface area (Å²) in [5.41, 5.74) is 2.62. The number of halogens is 1. The summed E-state index contributed by atoms with van der Waals surface area (Å²) in [6, 6.07) is 17.1. The highest BCUT2D eigenvalue weighted by Crippen LogP contribution is 2.32. The standard InChI is InChI=1S/C17H20ClNS/c1-12-4-6-14(7-5-12)17(19-3)13(2)20-16-10-8-15(18)9-11-16/h4-11,13,17,19H,1-3H3. The summed E-state index contributed by atoms with van der Waals surface area (Å²) in [5.74, 6) is 0. The molecule has 2 aromatic rings. The van der Waals surface area contributed by atoms with Gasteiger partial charge in [0.1, 0.15) is 0 Å². The predicted octanol–water partition coefficient (Wildman–Crippen LogP) is 5.09. The van der Waals surface area contributed by atoms with Crippen molar-refractivity contribution in [2.45, 2.75) is 30.0 Å². The van der Waals surface area contributed by atoms with Crippen molar-refractivity contribution in [2.75, 3.05) is 7.05 Å². The second-order valence-corrected chi connectivity index (χ2v) is 6.84. The maximum atomic E-state index is 5.93. The average molecular weight is 306 g/mol. The Morgan fingerprint density at radius 1 is 1.00 bits per heavy atom. The first-order chi connectivity index (χ1) is 9.60. The van der Waals surface area contributed by atoms with Crippen LogP contribution in [0.25, 0.3) is 0 Å². The lowest BCUT2D eigenvalue weighted by molar-refractivity contribution is 0.589. The third-order valence-electron chi connectivity index (χ3n) is 3.35. The molecule has 0 spiro atoms. The van der Waals surface area contributed by atoms with Crippen molar-refractivity contribution in [3.05, 3.63) is 64.7 Å². The molecule has 0 bridgehead atoms. The fraction of sp³-hybridized carbons (Fsp3) is 0.294. The van der Waals surface area contributed by atoms with Crippen LogP contribution in [0.1, 0.15) is 24.1 Å². The van der Waals surface area contributed by atoms with Gasteiger partial charge < -0.3 is 5.32 Å². The summed E-state index contributed by atoms with van der Waals surface area (Å²) >= 11 is 7.79. The van der Waals surface area contributed by atoms with Gasteiger partial charge in [0.2, 0.25) is 0 Å². The average Bonchev–Trinajstić information content (AvgIpc) is 2.44. The van der Waals surface area contributed by atoms with Gasteiger partial charge in [0, 0.05) is 21.2 Å². The molecule has 1 nitrogen and oxygen atoms in total. The summed E-state index contributed by atoms with van der Waals surface area (Å²) < 4.78 is 0. The number of hydrogen-bond acceptors (Lipinski definition) is 2. The first-order valence-electron chi connectivity index (χ1n) is 6.76.